The third-order valence-corrected chi connectivity index (χ3v) is 2.78. The fourth-order valence-corrected chi connectivity index (χ4v) is 1.78. The lowest BCUT2D eigenvalue weighted by Crippen LogP contribution is -2.16. The van der Waals surface area contributed by atoms with E-state index in [1.165, 1.54) is 12.1 Å². The molecule has 0 bridgehead atoms. The van der Waals surface area contributed by atoms with Crippen LogP contribution in [0.25, 0.3) is 0 Å². The first-order chi connectivity index (χ1) is 9.60. The number of amides is 1. The van der Waals surface area contributed by atoms with Gasteiger partial charge in [-0.15, -0.1) is 0 Å². The Hall–Kier alpha value is -2.87. The average molecular weight is 269 g/mol. The number of anilines is 2. The van der Waals surface area contributed by atoms with E-state index in [2.05, 4.69) is 5.32 Å². The number of nitriles is 1. The number of nitrogens with zero attached hydrogens (tertiary/aromatic N) is 1. The van der Waals surface area contributed by atoms with Gasteiger partial charge in [0.15, 0.2) is 0 Å². The van der Waals surface area contributed by atoms with E-state index in [1.807, 2.05) is 6.07 Å². The van der Waals surface area contributed by atoms with Crippen LogP contribution in [0.15, 0.2) is 42.5 Å². The third kappa shape index (κ3) is 3.12. The van der Waals surface area contributed by atoms with Crippen molar-refractivity contribution in [3.05, 3.63) is 59.4 Å². The molecule has 0 saturated heterocycles. The zero-order valence-electron chi connectivity index (χ0n) is 10.6. The molecule has 0 spiro atoms. The highest BCUT2D eigenvalue weighted by Gasteiger charge is 2.10. The molecular formula is C15H12FN3O. The van der Waals surface area contributed by atoms with E-state index in [4.69, 9.17) is 11.0 Å². The standard InChI is InChI=1S/C15H12FN3O/c16-12-5-6-14(11(7-12)9-17)19-15(20)8-10-3-1-2-4-13(10)18/h1-7H,8,18H2,(H,19,20). The summed E-state index contributed by atoms with van der Waals surface area (Å²) >= 11 is 0. The van der Waals surface area contributed by atoms with Gasteiger partial charge < -0.3 is 11.1 Å². The third-order valence-electron chi connectivity index (χ3n) is 2.78. The molecule has 0 aliphatic rings. The van der Waals surface area contributed by atoms with Crippen molar-refractivity contribution in [2.75, 3.05) is 11.1 Å². The van der Waals surface area contributed by atoms with Crippen LogP contribution >= 0.6 is 0 Å². The molecule has 0 radical (unpaired) electrons. The van der Waals surface area contributed by atoms with Crippen LogP contribution in [0.3, 0.4) is 0 Å². The average Bonchev–Trinajstić information content (AvgIpc) is 2.43. The first kappa shape index (κ1) is 13.6. The minimum Gasteiger partial charge on any atom is -0.398 e. The summed E-state index contributed by atoms with van der Waals surface area (Å²) < 4.78 is 13.0. The number of halogens is 1. The summed E-state index contributed by atoms with van der Waals surface area (Å²) in [6.07, 6.45) is 0.0922. The van der Waals surface area contributed by atoms with Crippen LogP contribution < -0.4 is 11.1 Å². The fraction of sp³-hybridized carbons (Fsp3) is 0.0667. The van der Waals surface area contributed by atoms with Gasteiger partial charge in [-0.1, -0.05) is 18.2 Å². The number of nitrogens with two attached hydrogens (primary N) is 1. The van der Waals surface area contributed by atoms with Gasteiger partial charge >= 0.3 is 0 Å². The predicted octanol–water partition coefficient (Wildman–Crippen LogP) is 2.46. The summed E-state index contributed by atoms with van der Waals surface area (Å²) in [7, 11) is 0. The van der Waals surface area contributed by atoms with Crippen molar-refractivity contribution >= 4 is 17.3 Å². The number of hydrogen-bond acceptors (Lipinski definition) is 3. The summed E-state index contributed by atoms with van der Waals surface area (Å²) in [4.78, 5) is 11.9. The SMILES string of the molecule is N#Cc1cc(F)ccc1NC(=O)Cc1ccccc1N. The summed E-state index contributed by atoms with van der Waals surface area (Å²) in [6, 6.07) is 12.5. The highest BCUT2D eigenvalue weighted by molar-refractivity contribution is 5.94. The van der Waals surface area contributed by atoms with Gasteiger partial charge in [0.1, 0.15) is 11.9 Å². The lowest BCUT2D eigenvalue weighted by molar-refractivity contribution is -0.115. The molecule has 4 nitrogen and oxygen atoms in total. The van der Waals surface area contributed by atoms with Crippen molar-refractivity contribution in [2.45, 2.75) is 6.42 Å². The molecule has 0 atom stereocenters. The zero-order valence-corrected chi connectivity index (χ0v) is 10.6. The molecule has 0 unspecified atom stereocenters. The van der Waals surface area contributed by atoms with Crippen LogP contribution in [0.1, 0.15) is 11.1 Å². The van der Waals surface area contributed by atoms with E-state index < -0.39 is 5.82 Å². The van der Waals surface area contributed by atoms with Gasteiger partial charge in [0.05, 0.1) is 17.7 Å². The van der Waals surface area contributed by atoms with Crippen molar-refractivity contribution in [2.24, 2.45) is 0 Å². The Labute approximate surface area is 115 Å². The number of carbonyl (C=O) groups excluding carboxylic acids is 1. The monoisotopic (exact) mass is 269 g/mol. The molecule has 5 heteroatoms. The Morgan fingerprint density at radius 1 is 1.30 bits per heavy atom. The number of para-hydroxylation sites is 1. The van der Waals surface area contributed by atoms with Gasteiger partial charge in [-0.3, -0.25) is 4.79 Å². The highest BCUT2D eigenvalue weighted by atomic mass is 19.1. The maximum absolute atomic E-state index is 13.0. The van der Waals surface area contributed by atoms with Gasteiger partial charge in [0, 0.05) is 5.69 Å². The molecule has 0 aliphatic carbocycles. The predicted molar refractivity (Wildman–Crippen MR) is 74.3 cm³/mol. The second-order valence-electron chi connectivity index (χ2n) is 4.23. The minimum absolute atomic E-state index is 0.0828. The number of rotatable bonds is 3. The topological polar surface area (TPSA) is 78.9 Å². The number of nitrogen functional groups attached to an aromatic ring is 1. The van der Waals surface area contributed by atoms with Gasteiger partial charge in [-0.2, -0.15) is 5.26 Å². The molecule has 2 rings (SSSR count). The summed E-state index contributed by atoms with van der Waals surface area (Å²) in [5.41, 5.74) is 7.35. The number of hydrogen-bond donors (Lipinski definition) is 2. The van der Waals surface area contributed by atoms with E-state index in [9.17, 15) is 9.18 Å². The Balaban J connectivity index is 2.13. The Kier molecular flexibility index (Phi) is 3.96. The van der Waals surface area contributed by atoms with Gasteiger partial charge in [0.25, 0.3) is 0 Å². The molecule has 0 aromatic heterocycles. The van der Waals surface area contributed by atoms with Crippen molar-refractivity contribution in [3.63, 3.8) is 0 Å². The quantitative estimate of drug-likeness (QED) is 0.840. The van der Waals surface area contributed by atoms with Crippen LogP contribution in [0.4, 0.5) is 15.8 Å². The Morgan fingerprint density at radius 3 is 2.75 bits per heavy atom. The largest absolute Gasteiger partial charge is 0.398 e. The number of benzene rings is 2. The summed E-state index contributed by atoms with van der Waals surface area (Å²) in [6.45, 7) is 0. The van der Waals surface area contributed by atoms with Gasteiger partial charge in [0.2, 0.25) is 5.91 Å². The van der Waals surface area contributed by atoms with Gasteiger partial charge in [-0.25, -0.2) is 4.39 Å². The summed E-state index contributed by atoms with van der Waals surface area (Å²) in [5.74, 6) is -0.835. The first-order valence-electron chi connectivity index (χ1n) is 5.93. The smallest absolute Gasteiger partial charge is 0.228 e. The summed E-state index contributed by atoms with van der Waals surface area (Å²) in [5, 5.41) is 11.5. The lowest BCUT2D eigenvalue weighted by Gasteiger charge is -2.08. The molecule has 2 aromatic rings. The lowest BCUT2D eigenvalue weighted by atomic mass is 10.1. The molecule has 0 aliphatic heterocycles. The Morgan fingerprint density at radius 2 is 2.05 bits per heavy atom. The second-order valence-corrected chi connectivity index (χ2v) is 4.23. The molecular weight excluding hydrogens is 257 g/mol. The highest BCUT2D eigenvalue weighted by Crippen LogP contribution is 2.17. The van der Waals surface area contributed by atoms with Crippen molar-refractivity contribution in [1.82, 2.24) is 0 Å². The van der Waals surface area contributed by atoms with Crippen molar-refractivity contribution < 1.29 is 9.18 Å². The molecule has 0 fully saturated rings. The zero-order chi connectivity index (χ0) is 14.5. The molecule has 100 valence electrons. The van der Waals surface area contributed by atoms with Crippen LogP contribution in [0.2, 0.25) is 0 Å². The molecule has 3 N–H and O–H groups in total. The van der Waals surface area contributed by atoms with E-state index in [1.54, 1.807) is 24.3 Å². The van der Waals surface area contributed by atoms with Crippen molar-refractivity contribution in [1.29, 1.82) is 5.26 Å². The Bertz CT molecular complexity index is 692. The molecule has 0 heterocycles. The molecule has 20 heavy (non-hydrogen) atoms. The van der Waals surface area contributed by atoms with E-state index in [-0.39, 0.29) is 23.6 Å². The molecule has 1 amide bonds. The maximum atomic E-state index is 13.0. The maximum Gasteiger partial charge on any atom is 0.228 e. The van der Waals surface area contributed by atoms with Gasteiger partial charge in [-0.05, 0) is 29.8 Å². The van der Waals surface area contributed by atoms with Crippen LogP contribution in [-0.4, -0.2) is 5.91 Å². The van der Waals surface area contributed by atoms with E-state index in [0.29, 0.717) is 11.3 Å². The van der Waals surface area contributed by atoms with Crippen molar-refractivity contribution in [3.8, 4) is 6.07 Å². The number of carbonyl (C=O) groups is 1. The minimum atomic E-state index is -0.521. The fourth-order valence-electron chi connectivity index (χ4n) is 1.78. The van der Waals surface area contributed by atoms with E-state index in [0.717, 1.165) is 6.07 Å². The normalized spacial score (nSPS) is 9.80. The molecule has 0 saturated carbocycles. The number of nitrogens with one attached hydrogen (secondary N) is 1. The first-order valence-corrected chi connectivity index (χ1v) is 5.93. The van der Waals surface area contributed by atoms with Crippen LogP contribution in [-0.2, 0) is 11.2 Å². The van der Waals surface area contributed by atoms with Crippen LogP contribution in [0, 0.1) is 17.1 Å². The van der Waals surface area contributed by atoms with Crippen LogP contribution in [0.5, 0.6) is 0 Å². The second kappa shape index (κ2) is 5.85. The molecule has 2 aromatic carbocycles. The van der Waals surface area contributed by atoms with E-state index >= 15 is 0 Å².